The van der Waals surface area contributed by atoms with Crippen LogP contribution in [0, 0.1) is 0 Å². The Morgan fingerprint density at radius 2 is 2.27 bits per heavy atom. The van der Waals surface area contributed by atoms with Gasteiger partial charge in [0.15, 0.2) is 5.88 Å². The summed E-state index contributed by atoms with van der Waals surface area (Å²) in [6.07, 6.45) is 0.500. The third-order valence-corrected chi connectivity index (χ3v) is 1.53. The first kappa shape index (κ1) is 8.10. The van der Waals surface area contributed by atoms with Crippen molar-refractivity contribution in [2.45, 2.75) is 12.5 Å². The average Bonchev–Trinajstić information content (AvgIpc) is 2.36. The highest BCUT2D eigenvalue weighted by Gasteiger charge is 2.06. The lowest BCUT2D eigenvalue weighted by molar-refractivity contribution is 0.275. The second-order valence-corrected chi connectivity index (χ2v) is 2.42. The maximum atomic E-state index is 8.90. The summed E-state index contributed by atoms with van der Waals surface area (Å²) in [4.78, 5) is 2.68. The Labute approximate surface area is 64.7 Å². The van der Waals surface area contributed by atoms with E-state index in [0.717, 1.165) is 5.69 Å². The fraction of sp³-hybridized carbons (Fsp3) is 0.429. The fourth-order valence-corrected chi connectivity index (χ4v) is 0.911. The molecule has 0 amide bonds. The molecule has 0 aliphatic rings. The molecule has 0 unspecified atom stereocenters. The van der Waals surface area contributed by atoms with Gasteiger partial charge in [0.2, 0.25) is 0 Å². The monoisotopic (exact) mass is 156 g/mol. The van der Waals surface area contributed by atoms with E-state index in [2.05, 4.69) is 4.98 Å². The Bertz CT molecular complexity index is 222. The van der Waals surface area contributed by atoms with Crippen LogP contribution < -0.4 is 5.73 Å². The molecule has 0 fully saturated rings. The summed E-state index contributed by atoms with van der Waals surface area (Å²) in [6.45, 7) is 0.0565. The van der Waals surface area contributed by atoms with Gasteiger partial charge in [0.05, 0.1) is 0 Å². The molecule has 1 aromatic heterocycles. The first-order valence-electron chi connectivity index (χ1n) is 3.48. The molecule has 0 bridgehead atoms. The number of aliphatic hydroxyl groups excluding tert-OH is 1. The topological polar surface area (TPSA) is 82.3 Å². The van der Waals surface area contributed by atoms with Gasteiger partial charge < -0.3 is 20.9 Å². The van der Waals surface area contributed by atoms with Gasteiger partial charge in [-0.05, 0) is 18.6 Å². The van der Waals surface area contributed by atoms with Crippen LogP contribution in [0.5, 0.6) is 5.88 Å². The van der Waals surface area contributed by atoms with Gasteiger partial charge in [-0.1, -0.05) is 0 Å². The summed E-state index contributed by atoms with van der Waals surface area (Å²) in [6, 6.07) is 3.02. The van der Waals surface area contributed by atoms with Gasteiger partial charge in [-0.25, -0.2) is 0 Å². The molecule has 5 N–H and O–H groups in total. The van der Waals surface area contributed by atoms with Crippen LogP contribution in [0.1, 0.15) is 18.2 Å². The number of aromatic nitrogens is 1. The van der Waals surface area contributed by atoms with Crippen LogP contribution in [0.4, 0.5) is 0 Å². The van der Waals surface area contributed by atoms with Gasteiger partial charge in [-0.15, -0.1) is 0 Å². The number of nitrogens with one attached hydrogen (secondary N) is 1. The number of rotatable bonds is 3. The summed E-state index contributed by atoms with van der Waals surface area (Å²) < 4.78 is 0. The van der Waals surface area contributed by atoms with E-state index in [1.807, 2.05) is 0 Å². The van der Waals surface area contributed by atoms with Crippen LogP contribution in [0.3, 0.4) is 0 Å². The molecule has 0 saturated carbocycles. The van der Waals surface area contributed by atoms with Gasteiger partial charge in [-0.3, -0.25) is 0 Å². The lowest BCUT2D eigenvalue weighted by atomic mass is 10.2. The van der Waals surface area contributed by atoms with Crippen LogP contribution >= 0.6 is 0 Å². The predicted octanol–water partition coefficient (Wildman–Crippen LogP) is 0.102. The Hall–Kier alpha value is -1.00. The van der Waals surface area contributed by atoms with Crippen molar-refractivity contribution in [1.29, 1.82) is 0 Å². The van der Waals surface area contributed by atoms with E-state index in [0.29, 0.717) is 6.42 Å². The molecule has 1 heterocycles. The zero-order valence-electron chi connectivity index (χ0n) is 6.12. The summed E-state index contributed by atoms with van der Waals surface area (Å²) >= 11 is 0. The van der Waals surface area contributed by atoms with Crippen molar-refractivity contribution in [3.05, 3.63) is 17.8 Å². The first-order chi connectivity index (χ1) is 5.24. The van der Waals surface area contributed by atoms with Crippen molar-refractivity contribution >= 4 is 0 Å². The van der Waals surface area contributed by atoms with Crippen LogP contribution in [0.25, 0.3) is 0 Å². The number of hydrogen-bond donors (Lipinski definition) is 4. The molecule has 0 aliphatic carbocycles. The molecule has 0 aliphatic heterocycles. The van der Waals surface area contributed by atoms with E-state index in [9.17, 15) is 0 Å². The first-order valence-corrected chi connectivity index (χ1v) is 3.48. The molecule has 0 radical (unpaired) electrons. The minimum atomic E-state index is -0.221. The molecule has 4 heteroatoms. The van der Waals surface area contributed by atoms with Crippen molar-refractivity contribution in [3.8, 4) is 5.88 Å². The lowest BCUT2D eigenvalue weighted by Gasteiger charge is -2.05. The Balaban J connectivity index is 2.60. The molecular formula is C7H12N2O2. The van der Waals surface area contributed by atoms with Gasteiger partial charge in [0.1, 0.15) is 0 Å². The molecule has 1 aromatic rings. The van der Waals surface area contributed by atoms with Crippen LogP contribution in [-0.4, -0.2) is 21.8 Å². The molecule has 0 spiro atoms. The zero-order chi connectivity index (χ0) is 8.27. The third-order valence-electron chi connectivity index (χ3n) is 1.53. The van der Waals surface area contributed by atoms with Crippen LogP contribution in [-0.2, 0) is 0 Å². The van der Waals surface area contributed by atoms with Crippen molar-refractivity contribution in [1.82, 2.24) is 4.98 Å². The summed E-state index contributed by atoms with van der Waals surface area (Å²) in [5.74, 6) is 0.105. The second-order valence-electron chi connectivity index (χ2n) is 2.42. The standard InChI is InChI=1S/C7H12N2O2/c8-5(3-4-10)6-1-2-7(11)9-6/h1-2,5,9-11H,3-4,8H2/t5-/m1/s1. The van der Waals surface area contributed by atoms with Gasteiger partial charge in [-0.2, -0.15) is 0 Å². The maximum Gasteiger partial charge on any atom is 0.188 e. The molecule has 1 atom stereocenters. The minimum Gasteiger partial charge on any atom is -0.495 e. The maximum absolute atomic E-state index is 8.90. The van der Waals surface area contributed by atoms with Crippen molar-refractivity contribution in [2.24, 2.45) is 5.73 Å². The van der Waals surface area contributed by atoms with E-state index < -0.39 is 0 Å². The number of aromatic amines is 1. The molecule has 62 valence electrons. The summed E-state index contributed by atoms with van der Waals surface area (Å²) in [5, 5.41) is 17.4. The Kier molecular flexibility index (Phi) is 2.51. The smallest absolute Gasteiger partial charge is 0.188 e. The van der Waals surface area contributed by atoms with Gasteiger partial charge >= 0.3 is 0 Å². The number of aromatic hydroxyl groups is 1. The molecule has 11 heavy (non-hydrogen) atoms. The van der Waals surface area contributed by atoms with E-state index in [1.165, 1.54) is 6.07 Å². The fourth-order valence-electron chi connectivity index (χ4n) is 0.911. The Morgan fingerprint density at radius 1 is 1.55 bits per heavy atom. The van der Waals surface area contributed by atoms with E-state index >= 15 is 0 Å². The highest BCUT2D eigenvalue weighted by Crippen LogP contribution is 2.15. The quantitative estimate of drug-likeness (QED) is 0.501. The zero-order valence-corrected chi connectivity index (χ0v) is 6.12. The van der Waals surface area contributed by atoms with Crippen molar-refractivity contribution in [2.75, 3.05) is 6.61 Å². The molecule has 1 rings (SSSR count). The highest BCUT2D eigenvalue weighted by molar-refractivity contribution is 5.18. The number of H-pyrrole nitrogens is 1. The second kappa shape index (κ2) is 3.41. The largest absolute Gasteiger partial charge is 0.495 e. The van der Waals surface area contributed by atoms with E-state index in [4.69, 9.17) is 15.9 Å². The van der Waals surface area contributed by atoms with Gasteiger partial charge in [0, 0.05) is 18.3 Å². The number of aliphatic hydroxyl groups is 1. The summed E-state index contributed by atoms with van der Waals surface area (Å²) in [5.41, 5.74) is 6.36. The predicted molar refractivity (Wildman–Crippen MR) is 41.1 cm³/mol. The average molecular weight is 156 g/mol. The minimum absolute atomic E-state index is 0.0565. The Morgan fingerprint density at radius 3 is 2.73 bits per heavy atom. The molecule has 4 nitrogen and oxygen atoms in total. The highest BCUT2D eigenvalue weighted by atomic mass is 16.3. The van der Waals surface area contributed by atoms with E-state index in [1.54, 1.807) is 6.07 Å². The molecular weight excluding hydrogens is 144 g/mol. The van der Waals surface area contributed by atoms with Crippen molar-refractivity contribution in [3.63, 3.8) is 0 Å². The lowest BCUT2D eigenvalue weighted by Crippen LogP contribution is -2.11. The summed E-state index contributed by atoms with van der Waals surface area (Å²) in [7, 11) is 0. The third kappa shape index (κ3) is 1.96. The van der Waals surface area contributed by atoms with Crippen LogP contribution in [0.15, 0.2) is 12.1 Å². The normalized spacial score (nSPS) is 13.3. The van der Waals surface area contributed by atoms with Crippen molar-refractivity contribution < 1.29 is 10.2 Å². The molecule has 0 aromatic carbocycles. The SMILES string of the molecule is N[C@H](CCO)c1ccc(O)[nH]1. The van der Waals surface area contributed by atoms with Gasteiger partial charge in [0.25, 0.3) is 0 Å². The number of nitrogens with two attached hydrogens (primary N) is 1. The number of hydrogen-bond acceptors (Lipinski definition) is 3. The van der Waals surface area contributed by atoms with E-state index in [-0.39, 0.29) is 18.5 Å². The molecule has 0 saturated heterocycles. The van der Waals surface area contributed by atoms with Crippen LogP contribution in [0.2, 0.25) is 0 Å².